The van der Waals surface area contributed by atoms with E-state index in [1.165, 1.54) is 34.7 Å². The highest BCUT2D eigenvalue weighted by Crippen LogP contribution is 2.65. The van der Waals surface area contributed by atoms with Crippen molar-refractivity contribution in [2.75, 3.05) is 0 Å². The van der Waals surface area contributed by atoms with Crippen molar-refractivity contribution in [1.29, 1.82) is 0 Å². The molecule has 1 unspecified atom stereocenters. The van der Waals surface area contributed by atoms with Gasteiger partial charge < -0.3 is 8.97 Å². The van der Waals surface area contributed by atoms with Crippen molar-refractivity contribution < 1.29 is 83.8 Å². The molecule has 1 atom stereocenters. The Kier molecular flexibility index (Phi) is 7.99. The molecule has 0 radical (unpaired) electrons. The van der Waals surface area contributed by atoms with Gasteiger partial charge >= 0.3 is 18.5 Å². The normalized spacial score (nSPS) is 23.6. The van der Waals surface area contributed by atoms with Crippen LogP contribution < -0.4 is 0 Å². The summed E-state index contributed by atoms with van der Waals surface area (Å²) in [5, 5.41) is -1.95. The van der Waals surface area contributed by atoms with Gasteiger partial charge in [0.1, 0.15) is 28.8 Å². The quantitative estimate of drug-likeness (QED) is 0.162. The average Bonchev–Trinajstić information content (AvgIpc) is 3.97. The Balaban J connectivity index is 1.17. The molecule has 4 nitrogen and oxygen atoms in total. The Bertz CT molecular complexity index is 3780. The van der Waals surface area contributed by atoms with E-state index in [1.54, 1.807) is 0 Å². The van der Waals surface area contributed by atoms with Crippen LogP contribution in [0.4, 0.5) is 79.0 Å². The van der Waals surface area contributed by atoms with E-state index >= 15 is 35.1 Å². The van der Waals surface area contributed by atoms with Crippen LogP contribution in [-0.4, -0.2) is 43.9 Å². The predicted molar refractivity (Wildman–Crippen MR) is 218 cm³/mol. The van der Waals surface area contributed by atoms with E-state index in [0.717, 1.165) is 4.57 Å². The lowest BCUT2D eigenvalue weighted by Crippen LogP contribution is -2.63. The molecule has 1 fully saturated rings. The lowest BCUT2D eigenvalue weighted by molar-refractivity contribution is -0.387. The van der Waals surface area contributed by atoms with Crippen molar-refractivity contribution in [2.45, 2.75) is 91.6 Å². The Morgan fingerprint density at radius 3 is 1.90 bits per heavy atom. The summed E-state index contributed by atoms with van der Waals surface area (Å²) in [5.41, 5.74) is -20.6. The van der Waals surface area contributed by atoms with Gasteiger partial charge in [0.05, 0.1) is 45.8 Å². The fourth-order valence-electron chi connectivity index (χ4n) is 12.6. The van der Waals surface area contributed by atoms with E-state index in [2.05, 4.69) is 4.98 Å². The monoisotopic (exact) mass is 1010 g/mol. The van der Waals surface area contributed by atoms with Gasteiger partial charge in [-0.1, -0.05) is 6.07 Å². The minimum atomic E-state index is -7.21. The molecule has 0 spiro atoms. The minimum absolute atomic E-state index is 0.00298. The highest BCUT2D eigenvalue weighted by Gasteiger charge is 2.84. The summed E-state index contributed by atoms with van der Waals surface area (Å²) in [5.74, 6) is -15.7. The zero-order valence-corrected chi connectivity index (χ0v) is 35.1. The fourth-order valence-corrected chi connectivity index (χ4v) is 12.6. The standard InChI is InChI=1S/C49H23F18N3O/c50-19-9-29(51)35(30(52)10-19)17-5-23-20-11-28-26(41(71)43(54)3-1-42(28,53)2-4-43)14-33(20)69-31-13-22-25-7-18(46(47(59,60)61,48(62,63)64)49(65,66)67)8-27-36-34(15-68-40-37(36)44(55,56)16-45(40,57)58)70(39(25)27)32(22)12-21(31)24(6-17)38(23)69/h5-12,14-15,22H,1-4,13,16H2. The SMILES string of the molecule is O=C1c2cc3c(cc2C2(F)CCC1(F)CC2)c1cc(-c2c(F)cc(F)cc2F)cc2c4c(n3c21)CC1C(=C4)n2c3cnc4c(c3c3cc(C(C(F)(F)F)(C(F)(F)F)C(F)(F)F)cc1c32)C(F)(F)CC4(F)F. The van der Waals surface area contributed by atoms with Gasteiger partial charge in [0.25, 0.3) is 17.3 Å². The molecule has 71 heavy (non-hydrogen) atoms. The van der Waals surface area contributed by atoms with Crippen LogP contribution in [-0.2, 0) is 29.3 Å². The van der Waals surface area contributed by atoms with Gasteiger partial charge in [0.2, 0.25) is 0 Å². The molecule has 0 saturated heterocycles. The molecule has 2 bridgehead atoms. The fraction of sp³-hybridized carbons (Fsp3) is 0.306. The number of carbonyl (C=O) groups is 1. The summed E-state index contributed by atoms with van der Waals surface area (Å²) >= 11 is 0. The van der Waals surface area contributed by atoms with E-state index < -0.39 is 165 Å². The Morgan fingerprint density at radius 1 is 0.648 bits per heavy atom. The lowest BCUT2D eigenvalue weighted by atomic mass is 9.75. The van der Waals surface area contributed by atoms with Crippen LogP contribution in [0, 0.1) is 17.5 Å². The zero-order chi connectivity index (χ0) is 50.6. The number of pyridine rings is 1. The van der Waals surface area contributed by atoms with Gasteiger partial charge in [-0.05, 0) is 78.8 Å². The summed E-state index contributed by atoms with van der Waals surface area (Å²) in [6.07, 6.45) is -24.4. The molecule has 0 N–H and O–H groups in total. The largest absolute Gasteiger partial charge is 0.416 e. The number of rotatable bonds is 2. The van der Waals surface area contributed by atoms with Crippen molar-refractivity contribution in [1.82, 2.24) is 14.0 Å². The molecule has 5 heterocycles. The zero-order valence-electron chi connectivity index (χ0n) is 35.1. The second kappa shape index (κ2) is 12.8. The molecule has 8 aromatic rings. The van der Waals surface area contributed by atoms with Crippen LogP contribution in [0.2, 0.25) is 0 Å². The molecule has 6 aliphatic rings. The molecule has 4 aromatic heterocycles. The third-order valence-corrected chi connectivity index (χ3v) is 15.6. The van der Waals surface area contributed by atoms with Gasteiger partial charge in [-0.25, -0.2) is 30.7 Å². The molecule has 4 aromatic carbocycles. The second-order valence-electron chi connectivity index (χ2n) is 19.2. The number of nitrogens with zero attached hydrogens (tertiary/aromatic N) is 3. The number of carbonyl (C=O) groups excluding carboxylic acids is 1. The topological polar surface area (TPSA) is 39.3 Å². The van der Waals surface area contributed by atoms with E-state index in [-0.39, 0.29) is 73.0 Å². The first-order valence-electron chi connectivity index (χ1n) is 21.6. The van der Waals surface area contributed by atoms with Crippen LogP contribution in [0.25, 0.3) is 71.9 Å². The maximum atomic E-state index is 16.9. The molecule has 14 rings (SSSR count). The van der Waals surface area contributed by atoms with Crippen molar-refractivity contribution in [3.05, 3.63) is 117 Å². The third kappa shape index (κ3) is 5.18. The molecule has 5 aliphatic carbocycles. The number of fused-ring (bicyclic) bond motifs is 16. The highest BCUT2D eigenvalue weighted by atomic mass is 19.4. The average molecular weight is 1010 g/mol. The van der Waals surface area contributed by atoms with Crippen molar-refractivity contribution in [2.24, 2.45) is 0 Å². The molecular formula is C49H23F18N3O. The van der Waals surface area contributed by atoms with Gasteiger partial charge in [0.15, 0.2) is 11.5 Å². The number of benzene rings is 4. The molecule has 0 amide bonds. The summed E-state index contributed by atoms with van der Waals surface area (Å²) in [6.45, 7) is 0. The summed E-state index contributed by atoms with van der Waals surface area (Å²) in [4.78, 5) is 17.5. The van der Waals surface area contributed by atoms with Crippen LogP contribution in [0.3, 0.4) is 0 Å². The Labute approximate surface area is 383 Å². The van der Waals surface area contributed by atoms with E-state index in [0.29, 0.717) is 18.3 Å². The first-order chi connectivity index (χ1) is 32.9. The number of hydrogen-bond acceptors (Lipinski definition) is 2. The second-order valence-corrected chi connectivity index (χ2v) is 19.2. The van der Waals surface area contributed by atoms with Crippen molar-refractivity contribution in [3.8, 4) is 11.1 Å². The molecule has 1 saturated carbocycles. The van der Waals surface area contributed by atoms with Gasteiger partial charge in [-0.2, -0.15) is 48.3 Å². The maximum Gasteiger partial charge on any atom is 0.416 e. The lowest BCUT2D eigenvalue weighted by Gasteiger charge is -2.39. The number of allylic oxidation sites excluding steroid dienone is 1. The third-order valence-electron chi connectivity index (χ3n) is 15.6. The molecule has 366 valence electrons. The van der Waals surface area contributed by atoms with E-state index in [1.807, 2.05) is 0 Å². The number of alkyl halides is 15. The number of aromatic nitrogens is 3. The van der Waals surface area contributed by atoms with Crippen molar-refractivity contribution in [3.63, 3.8) is 0 Å². The smallest absolute Gasteiger partial charge is 0.312 e. The van der Waals surface area contributed by atoms with Crippen LogP contribution in [0.1, 0.15) is 87.6 Å². The van der Waals surface area contributed by atoms with Gasteiger partial charge in [-0.15, -0.1) is 0 Å². The van der Waals surface area contributed by atoms with E-state index in [4.69, 9.17) is 0 Å². The first kappa shape index (κ1) is 44.5. The summed E-state index contributed by atoms with van der Waals surface area (Å²) < 4.78 is 278. The minimum Gasteiger partial charge on any atom is -0.312 e. The number of Topliss-reactive ketones (excluding diaryl/α,β-unsaturated/α-hetero) is 1. The van der Waals surface area contributed by atoms with Crippen LogP contribution in [0.15, 0.2) is 54.7 Å². The van der Waals surface area contributed by atoms with Crippen molar-refractivity contribution >= 4 is 66.6 Å². The summed E-state index contributed by atoms with van der Waals surface area (Å²) in [6, 6.07) is 5.48. The van der Waals surface area contributed by atoms with Crippen LogP contribution in [0.5, 0.6) is 0 Å². The summed E-state index contributed by atoms with van der Waals surface area (Å²) in [7, 11) is 0. The molecule has 22 heteroatoms. The number of hydrogen-bond donors (Lipinski definition) is 0. The van der Waals surface area contributed by atoms with Crippen LogP contribution >= 0.6 is 0 Å². The van der Waals surface area contributed by atoms with Gasteiger partial charge in [-0.3, -0.25) is 9.78 Å². The molecule has 1 aliphatic heterocycles. The Hall–Kier alpha value is -6.48. The number of halogens is 18. The predicted octanol–water partition coefficient (Wildman–Crippen LogP) is 15.1. The molecular weight excluding hydrogens is 989 g/mol. The van der Waals surface area contributed by atoms with E-state index in [9.17, 15) is 48.7 Å². The maximum absolute atomic E-state index is 16.9. The first-order valence-corrected chi connectivity index (χ1v) is 21.6. The number of ketones is 1. The van der Waals surface area contributed by atoms with Gasteiger partial charge in [0, 0.05) is 79.5 Å². The Morgan fingerprint density at radius 2 is 1.27 bits per heavy atom. The highest BCUT2D eigenvalue weighted by molar-refractivity contribution is 6.22.